The van der Waals surface area contributed by atoms with Gasteiger partial charge in [-0.25, -0.2) is 18.9 Å². The highest BCUT2D eigenvalue weighted by molar-refractivity contribution is 5.73. The Morgan fingerprint density at radius 3 is 2.72 bits per heavy atom. The molecule has 1 aromatic carbocycles. The van der Waals surface area contributed by atoms with E-state index in [-0.39, 0.29) is 17.4 Å². The second-order valence-electron chi connectivity index (χ2n) is 8.76. The molecule has 1 saturated carbocycles. The number of amides is 1. The van der Waals surface area contributed by atoms with E-state index < -0.39 is 6.09 Å². The number of fused-ring (bicyclic) bond motifs is 1. The zero-order valence-corrected chi connectivity index (χ0v) is 17.8. The van der Waals surface area contributed by atoms with Crippen molar-refractivity contribution in [3.05, 3.63) is 52.5 Å². The second-order valence-corrected chi connectivity index (χ2v) is 8.76. The molecule has 0 radical (unpaired) electrons. The highest BCUT2D eigenvalue weighted by atomic mass is 19.1. The zero-order chi connectivity index (χ0) is 22.1. The lowest BCUT2D eigenvalue weighted by atomic mass is 10.0. The van der Waals surface area contributed by atoms with Crippen molar-refractivity contribution in [1.29, 1.82) is 0 Å². The topological polar surface area (TPSA) is 93.1 Å². The number of hydrogen-bond acceptors (Lipinski definition) is 5. The van der Waals surface area contributed by atoms with Crippen LogP contribution in [0, 0.1) is 11.7 Å². The molecule has 9 heteroatoms. The van der Waals surface area contributed by atoms with Crippen LogP contribution in [0.4, 0.5) is 9.18 Å². The van der Waals surface area contributed by atoms with Crippen LogP contribution in [0.15, 0.2) is 35.3 Å². The fourth-order valence-corrected chi connectivity index (χ4v) is 4.82. The molecule has 1 unspecified atom stereocenters. The van der Waals surface area contributed by atoms with Crippen molar-refractivity contribution in [2.45, 2.75) is 51.0 Å². The van der Waals surface area contributed by atoms with Gasteiger partial charge in [-0.05, 0) is 43.0 Å². The van der Waals surface area contributed by atoms with Gasteiger partial charge in [-0.3, -0.25) is 4.79 Å². The molecule has 1 atom stereocenters. The van der Waals surface area contributed by atoms with Crippen LogP contribution in [-0.4, -0.2) is 43.8 Å². The molecule has 2 aromatic heterocycles. The van der Waals surface area contributed by atoms with Crippen molar-refractivity contribution in [1.82, 2.24) is 24.6 Å². The molecule has 0 bridgehead atoms. The fourth-order valence-electron chi connectivity index (χ4n) is 4.82. The van der Waals surface area contributed by atoms with Crippen LogP contribution >= 0.6 is 0 Å². The standard InChI is InChI=1S/C23H26FN5O3/c24-16-7-9-18(10-8-16)32-23(31)28-11-3-6-17(14-28)29-21-19(13-25-29)22(30)27-20(26-21)12-15-4-1-2-5-15/h7-10,13,15,17H,1-6,11-12,14H2,(H,26,27,30). The summed E-state index contributed by atoms with van der Waals surface area (Å²) in [6.07, 6.45) is 8.27. The smallest absolute Gasteiger partial charge is 0.410 e. The molecule has 3 heterocycles. The van der Waals surface area contributed by atoms with Gasteiger partial charge in [-0.2, -0.15) is 5.10 Å². The number of carbonyl (C=O) groups excluding carboxylic acids is 1. The molecular formula is C23H26FN5O3. The van der Waals surface area contributed by atoms with E-state index in [1.807, 2.05) is 0 Å². The molecule has 1 aliphatic heterocycles. The summed E-state index contributed by atoms with van der Waals surface area (Å²) in [5, 5.41) is 4.92. The third-order valence-corrected chi connectivity index (χ3v) is 6.49. The Hall–Kier alpha value is -3.23. The van der Waals surface area contributed by atoms with Crippen LogP contribution in [0.25, 0.3) is 11.0 Å². The first-order chi connectivity index (χ1) is 15.6. The van der Waals surface area contributed by atoms with E-state index in [2.05, 4.69) is 10.1 Å². The molecule has 2 fully saturated rings. The number of likely N-dealkylation sites (tertiary alicyclic amines) is 1. The number of ether oxygens (including phenoxy) is 1. The van der Waals surface area contributed by atoms with Gasteiger partial charge < -0.3 is 14.6 Å². The van der Waals surface area contributed by atoms with Gasteiger partial charge in [-0.15, -0.1) is 0 Å². The Morgan fingerprint density at radius 1 is 1.16 bits per heavy atom. The monoisotopic (exact) mass is 439 g/mol. The first kappa shape index (κ1) is 20.7. The Balaban J connectivity index is 1.34. The lowest BCUT2D eigenvalue weighted by Crippen LogP contribution is -2.42. The number of aromatic nitrogens is 4. The quantitative estimate of drug-likeness (QED) is 0.667. The van der Waals surface area contributed by atoms with Crippen LogP contribution < -0.4 is 10.3 Å². The third-order valence-electron chi connectivity index (χ3n) is 6.49. The molecule has 8 nitrogen and oxygen atoms in total. The van der Waals surface area contributed by atoms with Crippen molar-refractivity contribution in [2.75, 3.05) is 13.1 Å². The second kappa shape index (κ2) is 8.72. The number of benzene rings is 1. The number of halogens is 1. The number of hydrogen-bond donors (Lipinski definition) is 1. The van der Waals surface area contributed by atoms with Crippen LogP contribution in [0.2, 0.25) is 0 Å². The maximum atomic E-state index is 13.1. The van der Waals surface area contributed by atoms with E-state index >= 15 is 0 Å². The number of piperidine rings is 1. The Kier molecular flexibility index (Phi) is 5.63. The largest absolute Gasteiger partial charge is 0.415 e. The highest BCUT2D eigenvalue weighted by Crippen LogP contribution is 2.28. The number of rotatable bonds is 4. The number of H-pyrrole nitrogens is 1. The van der Waals surface area contributed by atoms with Gasteiger partial charge in [-0.1, -0.05) is 25.7 Å². The maximum Gasteiger partial charge on any atom is 0.415 e. The third kappa shape index (κ3) is 4.24. The van der Waals surface area contributed by atoms with Crippen LogP contribution in [0.5, 0.6) is 5.75 Å². The van der Waals surface area contributed by atoms with Crippen molar-refractivity contribution in [2.24, 2.45) is 5.92 Å². The van der Waals surface area contributed by atoms with Gasteiger partial charge in [0, 0.05) is 19.5 Å². The summed E-state index contributed by atoms with van der Waals surface area (Å²) in [6.45, 7) is 0.972. The summed E-state index contributed by atoms with van der Waals surface area (Å²) < 4.78 is 20.3. The van der Waals surface area contributed by atoms with Gasteiger partial charge in [0.15, 0.2) is 5.65 Å². The van der Waals surface area contributed by atoms with Crippen LogP contribution in [0.1, 0.15) is 50.4 Å². The molecule has 3 aromatic rings. The van der Waals surface area contributed by atoms with Crippen molar-refractivity contribution in [3.8, 4) is 5.75 Å². The SMILES string of the molecule is O=C(Oc1ccc(F)cc1)N1CCCC(n2ncc3c(=O)[nH]c(CC4CCCC4)nc32)C1. The number of aromatic amines is 1. The molecule has 168 valence electrons. The summed E-state index contributed by atoms with van der Waals surface area (Å²) in [6, 6.07) is 5.26. The normalized spacial score (nSPS) is 19.5. The molecule has 0 spiro atoms. The van der Waals surface area contributed by atoms with Crippen molar-refractivity contribution >= 4 is 17.1 Å². The average Bonchev–Trinajstić information content (AvgIpc) is 3.46. The van der Waals surface area contributed by atoms with Crippen LogP contribution in [-0.2, 0) is 6.42 Å². The number of nitrogens with zero attached hydrogens (tertiary/aromatic N) is 4. The maximum absolute atomic E-state index is 13.1. The minimum absolute atomic E-state index is 0.101. The van der Waals surface area contributed by atoms with Crippen molar-refractivity contribution < 1.29 is 13.9 Å². The molecule has 1 N–H and O–H groups in total. The Bertz CT molecular complexity index is 1170. The van der Waals surface area contributed by atoms with Gasteiger partial charge >= 0.3 is 6.09 Å². The molecular weight excluding hydrogens is 413 g/mol. The first-order valence-electron chi connectivity index (χ1n) is 11.3. The summed E-state index contributed by atoms with van der Waals surface area (Å²) >= 11 is 0. The van der Waals surface area contributed by atoms with E-state index in [0.717, 1.165) is 19.3 Å². The van der Waals surface area contributed by atoms with Gasteiger partial charge in [0.2, 0.25) is 0 Å². The lowest BCUT2D eigenvalue weighted by Gasteiger charge is -2.32. The van der Waals surface area contributed by atoms with E-state index in [4.69, 9.17) is 9.72 Å². The summed E-state index contributed by atoms with van der Waals surface area (Å²) in [5.74, 6) is 1.19. The van der Waals surface area contributed by atoms with E-state index in [9.17, 15) is 14.0 Å². The first-order valence-corrected chi connectivity index (χ1v) is 11.3. The fraction of sp³-hybridized carbons (Fsp3) is 0.478. The predicted octanol–water partition coefficient (Wildman–Crippen LogP) is 3.83. The van der Waals surface area contributed by atoms with E-state index in [0.29, 0.717) is 41.6 Å². The van der Waals surface area contributed by atoms with Gasteiger partial charge in [0.1, 0.15) is 22.8 Å². The average molecular weight is 439 g/mol. The molecule has 32 heavy (non-hydrogen) atoms. The molecule has 2 aliphatic rings. The van der Waals surface area contributed by atoms with E-state index in [1.54, 1.807) is 15.8 Å². The zero-order valence-electron chi connectivity index (χ0n) is 17.8. The Morgan fingerprint density at radius 2 is 1.94 bits per heavy atom. The van der Waals surface area contributed by atoms with Gasteiger partial charge in [0.25, 0.3) is 5.56 Å². The number of carbonyl (C=O) groups is 1. The van der Waals surface area contributed by atoms with E-state index in [1.165, 1.54) is 49.9 Å². The minimum Gasteiger partial charge on any atom is -0.410 e. The molecule has 1 amide bonds. The minimum atomic E-state index is -0.481. The summed E-state index contributed by atoms with van der Waals surface area (Å²) in [4.78, 5) is 34.5. The predicted molar refractivity (Wildman–Crippen MR) is 116 cm³/mol. The van der Waals surface area contributed by atoms with Crippen LogP contribution in [0.3, 0.4) is 0 Å². The molecule has 1 saturated heterocycles. The molecule has 1 aliphatic carbocycles. The van der Waals surface area contributed by atoms with Crippen molar-refractivity contribution in [3.63, 3.8) is 0 Å². The highest BCUT2D eigenvalue weighted by Gasteiger charge is 2.28. The lowest BCUT2D eigenvalue weighted by molar-refractivity contribution is 0.126. The van der Waals surface area contributed by atoms with Gasteiger partial charge in [0.05, 0.1) is 12.2 Å². The number of nitrogens with one attached hydrogen (secondary N) is 1. The summed E-state index contributed by atoms with van der Waals surface area (Å²) in [5.41, 5.74) is 0.401. The summed E-state index contributed by atoms with van der Waals surface area (Å²) in [7, 11) is 0. The molecule has 5 rings (SSSR count). The Labute approximate surface area is 184 Å².